The molecule has 0 N–H and O–H groups in total. The molecule has 90 valence electrons. The fourth-order valence-electron chi connectivity index (χ4n) is 2.62. The van der Waals surface area contributed by atoms with Crippen molar-refractivity contribution < 1.29 is 0 Å². The van der Waals surface area contributed by atoms with Crippen LogP contribution in [0.25, 0.3) is 11.3 Å². The van der Waals surface area contributed by atoms with Crippen LogP contribution in [0.1, 0.15) is 25.1 Å². The lowest BCUT2D eigenvalue weighted by Gasteiger charge is -2.14. The van der Waals surface area contributed by atoms with Gasteiger partial charge >= 0.3 is 0 Å². The predicted octanol–water partition coefficient (Wildman–Crippen LogP) is 3.00. The maximum atomic E-state index is 9.13. The molecule has 0 unspecified atom stereocenters. The first kappa shape index (κ1) is 11.0. The topological polar surface area (TPSA) is 41.6 Å². The molecule has 3 nitrogen and oxygen atoms in total. The molecule has 0 radical (unpaired) electrons. The van der Waals surface area contributed by atoms with E-state index in [4.69, 9.17) is 5.26 Å². The first-order valence-electron chi connectivity index (χ1n) is 6.15. The van der Waals surface area contributed by atoms with Gasteiger partial charge in [-0.25, -0.2) is 0 Å². The van der Waals surface area contributed by atoms with Crippen LogP contribution in [0.15, 0.2) is 30.3 Å². The van der Waals surface area contributed by atoms with Crippen molar-refractivity contribution >= 4 is 0 Å². The van der Waals surface area contributed by atoms with Crippen LogP contribution in [0.3, 0.4) is 0 Å². The Morgan fingerprint density at radius 2 is 2.11 bits per heavy atom. The minimum Gasteiger partial charge on any atom is -0.268 e. The van der Waals surface area contributed by atoms with Crippen molar-refractivity contribution in [3.8, 4) is 17.3 Å². The summed E-state index contributed by atoms with van der Waals surface area (Å²) in [6.07, 6.45) is 1.05. The number of nitriles is 1. The van der Waals surface area contributed by atoms with Crippen LogP contribution in [0.5, 0.6) is 0 Å². The Morgan fingerprint density at radius 1 is 1.33 bits per heavy atom. The summed E-state index contributed by atoms with van der Waals surface area (Å²) < 4.78 is 2.07. The highest BCUT2D eigenvalue weighted by atomic mass is 15.3. The lowest BCUT2D eigenvalue weighted by Crippen LogP contribution is -2.13. The van der Waals surface area contributed by atoms with Crippen LogP contribution in [-0.4, -0.2) is 9.78 Å². The molecule has 0 aliphatic carbocycles. The lowest BCUT2D eigenvalue weighted by atomic mass is 9.91. The Kier molecular flexibility index (Phi) is 2.27. The molecule has 1 aliphatic rings. The standard InChI is InChI=1S/C15H15N3/c1-15(2)8-12-7-14(17-18(12)10-15)13-6-4-3-5-11(13)9-16/h3-7H,8,10H2,1-2H3. The molecule has 1 aromatic heterocycles. The molecule has 3 rings (SSSR count). The molecule has 1 aromatic carbocycles. The summed E-state index contributed by atoms with van der Waals surface area (Å²) in [6, 6.07) is 12.0. The van der Waals surface area contributed by atoms with Gasteiger partial charge in [-0.15, -0.1) is 0 Å². The van der Waals surface area contributed by atoms with Gasteiger partial charge in [0, 0.05) is 17.8 Å². The first-order chi connectivity index (χ1) is 8.59. The number of fused-ring (bicyclic) bond motifs is 1. The van der Waals surface area contributed by atoms with Gasteiger partial charge in [0.05, 0.1) is 17.3 Å². The van der Waals surface area contributed by atoms with Crippen LogP contribution >= 0.6 is 0 Å². The Morgan fingerprint density at radius 3 is 2.83 bits per heavy atom. The van der Waals surface area contributed by atoms with Crippen LogP contribution in [0.2, 0.25) is 0 Å². The zero-order chi connectivity index (χ0) is 12.8. The number of hydrogen-bond acceptors (Lipinski definition) is 2. The van der Waals surface area contributed by atoms with Crippen molar-refractivity contribution in [3.63, 3.8) is 0 Å². The largest absolute Gasteiger partial charge is 0.268 e. The molecular formula is C15H15N3. The van der Waals surface area contributed by atoms with Gasteiger partial charge in [0.25, 0.3) is 0 Å². The minimum absolute atomic E-state index is 0.301. The highest BCUT2D eigenvalue weighted by molar-refractivity contribution is 5.67. The number of benzene rings is 1. The van der Waals surface area contributed by atoms with Crippen molar-refractivity contribution in [2.24, 2.45) is 5.41 Å². The quantitative estimate of drug-likeness (QED) is 0.765. The van der Waals surface area contributed by atoms with E-state index in [0.29, 0.717) is 11.0 Å². The molecular weight excluding hydrogens is 222 g/mol. The summed E-state index contributed by atoms with van der Waals surface area (Å²) in [5.74, 6) is 0. The van der Waals surface area contributed by atoms with Crippen LogP contribution in [-0.2, 0) is 13.0 Å². The van der Waals surface area contributed by atoms with Gasteiger partial charge < -0.3 is 0 Å². The van der Waals surface area contributed by atoms with E-state index in [-0.39, 0.29) is 0 Å². The summed E-state index contributed by atoms with van der Waals surface area (Å²) in [4.78, 5) is 0. The maximum Gasteiger partial charge on any atom is 0.0998 e. The fraction of sp³-hybridized carbons (Fsp3) is 0.333. The number of rotatable bonds is 1. The molecule has 0 saturated heterocycles. The monoisotopic (exact) mass is 237 g/mol. The normalized spacial score (nSPS) is 16.3. The Labute approximate surface area is 107 Å². The van der Waals surface area contributed by atoms with Gasteiger partial charge in [-0.3, -0.25) is 4.68 Å². The van der Waals surface area contributed by atoms with Gasteiger partial charge in [-0.2, -0.15) is 10.4 Å². The fourth-order valence-corrected chi connectivity index (χ4v) is 2.62. The number of aromatic nitrogens is 2. The van der Waals surface area contributed by atoms with Gasteiger partial charge in [0.15, 0.2) is 0 Å². The Balaban J connectivity index is 2.04. The van der Waals surface area contributed by atoms with E-state index >= 15 is 0 Å². The van der Waals surface area contributed by atoms with E-state index in [1.165, 1.54) is 5.69 Å². The van der Waals surface area contributed by atoms with Crippen LogP contribution < -0.4 is 0 Å². The summed E-state index contributed by atoms with van der Waals surface area (Å²) in [5.41, 5.74) is 4.10. The van der Waals surface area contributed by atoms with Gasteiger partial charge in [-0.05, 0) is 24.0 Å². The van der Waals surface area contributed by atoms with Gasteiger partial charge in [-0.1, -0.05) is 32.0 Å². The number of hydrogen-bond donors (Lipinski definition) is 0. The van der Waals surface area contributed by atoms with Gasteiger partial charge in [0.1, 0.15) is 0 Å². The first-order valence-corrected chi connectivity index (χ1v) is 6.15. The van der Waals surface area contributed by atoms with E-state index in [1.807, 2.05) is 24.3 Å². The molecule has 2 heterocycles. The summed E-state index contributed by atoms with van der Waals surface area (Å²) in [6.45, 7) is 5.46. The highest BCUT2D eigenvalue weighted by Gasteiger charge is 2.30. The third-order valence-corrected chi connectivity index (χ3v) is 3.42. The second-order valence-electron chi connectivity index (χ2n) is 5.68. The van der Waals surface area contributed by atoms with Gasteiger partial charge in [0.2, 0.25) is 0 Å². The van der Waals surface area contributed by atoms with Crippen molar-refractivity contribution in [1.82, 2.24) is 9.78 Å². The second kappa shape index (κ2) is 3.71. The Hall–Kier alpha value is -2.08. The molecule has 2 aromatic rings. The zero-order valence-corrected chi connectivity index (χ0v) is 10.6. The average Bonchev–Trinajstić information content (AvgIpc) is 2.82. The van der Waals surface area contributed by atoms with Crippen molar-refractivity contribution in [2.75, 3.05) is 0 Å². The molecule has 0 fully saturated rings. The number of nitrogens with zero attached hydrogens (tertiary/aromatic N) is 3. The molecule has 1 aliphatic heterocycles. The van der Waals surface area contributed by atoms with E-state index in [2.05, 4.69) is 35.8 Å². The molecule has 0 amide bonds. The molecule has 0 saturated carbocycles. The maximum absolute atomic E-state index is 9.13. The molecule has 0 atom stereocenters. The zero-order valence-electron chi connectivity index (χ0n) is 10.6. The molecule has 18 heavy (non-hydrogen) atoms. The Bertz CT molecular complexity index is 618. The van der Waals surface area contributed by atoms with E-state index in [9.17, 15) is 0 Å². The van der Waals surface area contributed by atoms with E-state index in [1.54, 1.807) is 0 Å². The summed E-state index contributed by atoms with van der Waals surface area (Å²) in [7, 11) is 0. The van der Waals surface area contributed by atoms with Crippen LogP contribution in [0, 0.1) is 16.7 Å². The lowest BCUT2D eigenvalue weighted by molar-refractivity contribution is 0.347. The van der Waals surface area contributed by atoms with Crippen molar-refractivity contribution in [3.05, 3.63) is 41.6 Å². The third kappa shape index (κ3) is 1.70. The second-order valence-corrected chi connectivity index (χ2v) is 5.68. The molecule has 0 bridgehead atoms. The summed E-state index contributed by atoms with van der Waals surface area (Å²) in [5, 5.41) is 13.8. The van der Waals surface area contributed by atoms with Crippen molar-refractivity contribution in [2.45, 2.75) is 26.8 Å². The SMILES string of the molecule is CC1(C)Cc2cc(-c3ccccc3C#N)nn2C1. The van der Waals surface area contributed by atoms with E-state index < -0.39 is 0 Å². The average molecular weight is 237 g/mol. The molecule has 0 spiro atoms. The predicted molar refractivity (Wildman–Crippen MR) is 69.9 cm³/mol. The smallest absolute Gasteiger partial charge is 0.0998 e. The van der Waals surface area contributed by atoms with E-state index in [0.717, 1.165) is 24.2 Å². The third-order valence-electron chi connectivity index (χ3n) is 3.42. The van der Waals surface area contributed by atoms with Crippen LogP contribution in [0.4, 0.5) is 0 Å². The minimum atomic E-state index is 0.301. The van der Waals surface area contributed by atoms with Crippen molar-refractivity contribution in [1.29, 1.82) is 5.26 Å². The summed E-state index contributed by atoms with van der Waals surface area (Å²) >= 11 is 0. The molecule has 3 heteroatoms. The highest BCUT2D eigenvalue weighted by Crippen LogP contribution is 2.34.